The number of nitrogens with one attached hydrogen (secondary N) is 1. The molecule has 0 saturated carbocycles. The van der Waals surface area contributed by atoms with Crippen molar-refractivity contribution in [3.8, 4) is 0 Å². The molecule has 0 radical (unpaired) electrons. The highest BCUT2D eigenvalue weighted by molar-refractivity contribution is 5.33. The van der Waals surface area contributed by atoms with Gasteiger partial charge in [0.05, 0.1) is 19.8 Å². The molecule has 2 aliphatic rings. The number of hydrogen-bond acceptors (Lipinski definition) is 3. The average Bonchev–Trinajstić information content (AvgIpc) is 2.93. The van der Waals surface area contributed by atoms with Gasteiger partial charge in [-0.1, -0.05) is 52.0 Å². The van der Waals surface area contributed by atoms with Crippen LogP contribution in [0.2, 0.25) is 0 Å². The molecule has 18 heavy (non-hydrogen) atoms. The van der Waals surface area contributed by atoms with Crippen LogP contribution in [0.5, 0.6) is 0 Å². The lowest BCUT2D eigenvalue weighted by molar-refractivity contribution is -0.166. The minimum atomic E-state index is -0.505. The second-order valence-corrected chi connectivity index (χ2v) is 3.71. The highest BCUT2D eigenvalue weighted by Crippen LogP contribution is 2.35. The first-order valence-electron chi connectivity index (χ1n) is 6.98. The first kappa shape index (κ1) is 15.2. The SMILES string of the molecule is CC.CC.c1ccc2c(c1)CNCC21OCCO1. The van der Waals surface area contributed by atoms with Crippen molar-refractivity contribution < 1.29 is 9.47 Å². The fourth-order valence-electron chi connectivity index (χ4n) is 2.22. The predicted octanol–water partition coefficient (Wildman–Crippen LogP) is 3.04. The lowest BCUT2D eigenvalue weighted by atomic mass is 9.96. The summed E-state index contributed by atoms with van der Waals surface area (Å²) < 4.78 is 11.4. The maximum Gasteiger partial charge on any atom is 0.208 e. The Balaban J connectivity index is 0.000000371. The van der Waals surface area contributed by atoms with Crippen LogP contribution in [0.4, 0.5) is 0 Å². The molecule has 2 heterocycles. The van der Waals surface area contributed by atoms with Gasteiger partial charge in [-0.25, -0.2) is 0 Å². The highest BCUT2D eigenvalue weighted by atomic mass is 16.7. The minimum Gasteiger partial charge on any atom is -0.342 e. The zero-order chi connectivity index (χ0) is 13.4. The maximum absolute atomic E-state index is 5.72. The Labute approximate surface area is 110 Å². The van der Waals surface area contributed by atoms with E-state index < -0.39 is 5.79 Å². The van der Waals surface area contributed by atoms with E-state index >= 15 is 0 Å². The zero-order valence-electron chi connectivity index (χ0n) is 12.0. The van der Waals surface area contributed by atoms with Crippen LogP contribution in [-0.4, -0.2) is 19.8 Å². The van der Waals surface area contributed by atoms with Crippen molar-refractivity contribution in [3.05, 3.63) is 35.4 Å². The van der Waals surface area contributed by atoms with Crippen LogP contribution in [0.25, 0.3) is 0 Å². The Hall–Kier alpha value is -0.900. The van der Waals surface area contributed by atoms with Crippen LogP contribution in [0.15, 0.2) is 24.3 Å². The molecule has 0 atom stereocenters. The number of rotatable bonds is 0. The highest BCUT2D eigenvalue weighted by Gasteiger charge is 2.41. The molecule has 0 amide bonds. The minimum absolute atomic E-state index is 0.505. The second-order valence-electron chi connectivity index (χ2n) is 3.71. The van der Waals surface area contributed by atoms with Gasteiger partial charge in [-0.3, -0.25) is 0 Å². The fraction of sp³-hybridized carbons (Fsp3) is 0.600. The van der Waals surface area contributed by atoms with Crippen molar-refractivity contribution in [2.75, 3.05) is 19.8 Å². The van der Waals surface area contributed by atoms with E-state index in [1.165, 1.54) is 11.1 Å². The van der Waals surface area contributed by atoms with E-state index in [2.05, 4.69) is 23.5 Å². The number of fused-ring (bicyclic) bond motifs is 2. The van der Waals surface area contributed by atoms with E-state index in [-0.39, 0.29) is 0 Å². The van der Waals surface area contributed by atoms with Gasteiger partial charge in [-0.2, -0.15) is 0 Å². The third kappa shape index (κ3) is 2.91. The van der Waals surface area contributed by atoms with E-state index in [1.54, 1.807) is 0 Å². The molecular formula is C15H25NO2. The van der Waals surface area contributed by atoms with Gasteiger partial charge in [0, 0.05) is 12.1 Å². The van der Waals surface area contributed by atoms with Gasteiger partial charge in [-0.15, -0.1) is 0 Å². The van der Waals surface area contributed by atoms with Crippen molar-refractivity contribution in [1.29, 1.82) is 0 Å². The van der Waals surface area contributed by atoms with Gasteiger partial charge in [0.2, 0.25) is 5.79 Å². The molecule has 102 valence electrons. The summed E-state index contributed by atoms with van der Waals surface area (Å²) in [5, 5.41) is 3.32. The van der Waals surface area contributed by atoms with Gasteiger partial charge in [0.15, 0.2) is 0 Å². The molecule has 1 fully saturated rings. The van der Waals surface area contributed by atoms with E-state index in [0.717, 1.165) is 13.1 Å². The lowest BCUT2D eigenvalue weighted by Gasteiger charge is -2.34. The standard InChI is InChI=1S/C11H13NO2.2C2H6/c1-2-4-10-9(3-1)7-12-8-11(10)13-5-6-14-11;2*1-2/h1-4,12H,5-8H2;2*1-2H3. The predicted molar refractivity (Wildman–Crippen MR) is 74.4 cm³/mol. The molecule has 0 bridgehead atoms. The Bertz CT molecular complexity index is 346. The summed E-state index contributed by atoms with van der Waals surface area (Å²) in [5.74, 6) is -0.505. The first-order chi connectivity index (χ1) is 8.91. The summed E-state index contributed by atoms with van der Waals surface area (Å²) in [6.45, 7) is 11.0. The van der Waals surface area contributed by atoms with Crippen LogP contribution >= 0.6 is 0 Å². The fourth-order valence-corrected chi connectivity index (χ4v) is 2.22. The summed E-state index contributed by atoms with van der Waals surface area (Å²) in [4.78, 5) is 0. The normalized spacial score (nSPS) is 19.1. The molecule has 3 heteroatoms. The van der Waals surface area contributed by atoms with E-state index in [4.69, 9.17) is 9.47 Å². The summed E-state index contributed by atoms with van der Waals surface area (Å²) in [6.07, 6.45) is 0. The zero-order valence-corrected chi connectivity index (χ0v) is 12.0. The third-order valence-electron chi connectivity index (χ3n) is 2.85. The largest absolute Gasteiger partial charge is 0.342 e. The monoisotopic (exact) mass is 251 g/mol. The van der Waals surface area contributed by atoms with Crippen molar-refractivity contribution in [1.82, 2.24) is 5.32 Å². The number of benzene rings is 1. The molecule has 0 aromatic heterocycles. The maximum atomic E-state index is 5.72. The van der Waals surface area contributed by atoms with E-state index in [0.29, 0.717) is 13.2 Å². The quantitative estimate of drug-likeness (QED) is 0.769. The molecule has 3 nitrogen and oxygen atoms in total. The van der Waals surface area contributed by atoms with Gasteiger partial charge < -0.3 is 14.8 Å². The Kier molecular flexibility index (Phi) is 6.33. The van der Waals surface area contributed by atoms with Crippen molar-refractivity contribution in [2.24, 2.45) is 0 Å². The van der Waals surface area contributed by atoms with Crippen molar-refractivity contribution >= 4 is 0 Å². The smallest absolute Gasteiger partial charge is 0.208 e. The van der Waals surface area contributed by atoms with E-state index in [1.807, 2.05) is 33.8 Å². The topological polar surface area (TPSA) is 30.5 Å². The molecule has 0 aliphatic carbocycles. The summed E-state index contributed by atoms with van der Waals surface area (Å²) >= 11 is 0. The summed E-state index contributed by atoms with van der Waals surface area (Å²) in [5.41, 5.74) is 2.47. The molecule has 0 unspecified atom stereocenters. The molecule has 1 N–H and O–H groups in total. The van der Waals surface area contributed by atoms with Crippen LogP contribution in [-0.2, 0) is 21.8 Å². The van der Waals surface area contributed by atoms with E-state index in [9.17, 15) is 0 Å². The molecule has 1 saturated heterocycles. The molecular weight excluding hydrogens is 226 g/mol. The van der Waals surface area contributed by atoms with Gasteiger partial charge in [0.1, 0.15) is 0 Å². The summed E-state index contributed by atoms with van der Waals surface area (Å²) in [6, 6.07) is 8.31. The van der Waals surface area contributed by atoms with Crippen molar-refractivity contribution in [3.63, 3.8) is 0 Å². The Morgan fingerprint density at radius 3 is 2.28 bits per heavy atom. The van der Waals surface area contributed by atoms with Gasteiger partial charge in [0.25, 0.3) is 0 Å². The summed E-state index contributed by atoms with van der Waals surface area (Å²) in [7, 11) is 0. The molecule has 1 aromatic rings. The first-order valence-corrected chi connectivity index (χ1v) is 6.98. The molecule has 2 aliphatic heterocycles. The van der Waals surface area contributed by atoms with Gasteiger partial charge >= 0.3 is 0 Å². The van der Waals surface area contributed by atoms with Crippen LogP contribution < -0.4 is 5.32 Å². The third-order valence-corrected chi connectivity index (χ3v) is 2.85. The molecule has 3 rings (SSSR count). The van der Waals surface area contributed by atoms with Gasteiger partial charge in [-0.05, 0) is 5.56 Å². The van der Waals surface area contributed by atoms with Crippen LogP contribution in [0.3, 0.4) is 0 Å². The molecule has 1 spiro atoms. The molecule has 1 aromatic carbocycles. The average molecular weight is 251 g/mol. The van der Waals surface area contributed by atoms with Crippen molar-refractivity contribution in [2.45, 2.75) is 40.0 Å². The second kappa shape index (κ2) is 7.52. The number of ether oxygens (including phenoxy) is 2. The Morgan fingerprint density at radius 2 is 1.61 bits per heavy atom. The van der Waals surface area contributed by atoms with Crippen LogP contribution in [0.1, 0.15) is 38.8 Å². The lowest BCUT2D eigenvalue weighted by Crippen LogP contribution is -2.43. The number of hydrogen-bond donors (Lipinski definition) is 1. The van der Waals surface area contributed by atoms with Crippen LogP contribution in [0, 0.1) is 0 Å². The Morgan fingerprint density at radius 1 is 1.00 bits per heavy atom.